The molecule has 0 aliphatic heterocycles. The zero-order chi connectivity index (χ0) is 12.4. The van der Waals surface area contributed by atoms with E-state index in [9.17, 15) is 4.39 Å². The monoisotopic (exact) mass is 299 g/mol. The molecule has 90 valence electrons. The molecule has 0 fully saturated rings. The molecule has 1 aromatic heterocycles. The predicted octanol–water partition coefficient (Wildman–Crippen LogP) is 2.36. The first kappa shape index (κ1) is 12.2. The van der Waals surface area contributed by atoms with Crippen LogP contribution in [0, 0.1) is 5.82 Å². The van der Waals surface area contributed by atoms with Crippen molar-refractivity contribution in [1.82, 2.24) is 14.8 Å². The first-order valence-electron chi connectivity index (χ1n) is 5.15. The van der Waals surface area contributed by atoms with Gasteiger partial charge >= 0.3 is 0 Å². The molecule has 17 heavy (non-hydrogen) atoms. The van der Waals surface area contributed by atoms with Crippen LogP contribution >= 0.6 is 15.9 Å². The van der Waals surface area contributed by atoms with Crippen molar-refractivity contribution in [3.63, 3.8) is 0 Å². The topological polar surface area (TPSA) is 50.9 Å². The van der Waals surface area contributed by atoms with Gasteiger partial charge in [-0.1, -0.05) is 15.9 Å². The molecule has 1 aromatic carbocycles. The van der Waals surface area contributed by atoms with E-state index in [1.807, 2.05) is 6.92 Å². The summed E-state index contributed by atoms with van der Waals surface area (Å²) in [4.78, 5) is 0. The highest BCUT2D eigenvalue weighted by Gasteiger charge is 2.13. The van der Waals surface area contributed by atoms with E-state index in [1.54, 1.807) is 10.6 Å². The normalized spacial score (nSPS) is 10.8. The van der Waals surface area contributed by atoms with Crippen LogP contribution in [0.1, 0.15) is 12.7 Å². The minimum absolute atomic E-state index is 0.183. The summed E-state index contributed by atoms with van der Waals surface area (Å²) in [7, 11) is 0. The number of aromatic nitrogens is 3. The van der Waals surface area contributed by atoms with Gasteiger partial charge in [0.05, 0.1) is 0 Å². The summed E-state index contributed by atoms with van der Waals surface area (Å²) in [6.45, 7) is 2.35. The minimum Gasteiger partial charge on any atom is -0.388 e. The lowest BCUT2D eigenvalue weighted by molar-refractivity contribution is 0.265. The van der Waals surface area contributed by atoms with Gasteiger partial charge in [-0.25, -0.2) is 4.39 Å². The third-order valence-electron chi connectivity index (χ3n) is 2.41. The maximum Gasteiger partial charge on any atom is 0.164 e. The molecule has 0 spiro atoms. The van der Waals surface area contributed by atoms with Crippen LogP contribution in [0.3, 0.4) is 0 Å². The molecule has 0 unspecified atom stereocenters. The van der Waals surface area contributed by atoms with Crippen LogP contribution in [-0.4, -0.2) is 19.9 Å². The third kappa shape index (κ3) is 2.37. The Kier molecular flexibility index (Phi) is 3.54. The van der Waals surface area contributed by atoms with Crippen LogP contribution < -0.4 is 0 Å². The Balaban J connectivity index is 2.55. The van der Waals surface area contributed by atoms with Gasteiger partial charge in [0, 0.05) is 16.6 Å². The summed E-state index contributed by atoms with van der Waals surface area (Å²) in [5.74, 6) is 0.685. The molecule has 0 saturated carbocycles. The highest BCUT2D eigenvalue weighted by Crippen LogP contribution is 2.24. The first-order valence-corrected chi connectivity index (χ1v) is 5.94. The van der Waals surface area contributed by atoms with Gasteiger partial charge in [-0.3, -0.25) is 0 Å². The van der Waals surface area contributed by atoms with Crippen LogP contribution in [0.25, 0.3) is 11.4 Å². The van der Waals surface area contributed by atoms with E-state index >= 15 is 0 Å². The maximum atomic E-state index is 13.3. The average Bonchev–Trinajstić information content (AvgIpc) is 2.70. The number of nitrogens with zero attached hydrogens (tertiary/aromatic N) is 3. The van der Waals surface area contributed by atoms with Gasteiger partial charge < -0.3 is 9.67 Å². The van der Waals surface area contributed by atoms with Crippen molar-refractivity contribution in [2.75, 3.05) is 0 Å². The number of aliphatic hydroxyl groups is 1. The lowest BCUT2D eigenvalue weighted by Gasteiger charge is -2.06. The van der Waals surface area contributed by atoms with Crippen molar-refractivity contribution in [2.24, 2.45) is 0 Å². The second-order valence-corrected chi connectivity index (χ2v) is 4.42. The molecule has 0 amide bonds. The second-order valence-electron chi connectivity index (χ2n) is 3.50. The fourth-order valence-corrected chi connectivity index (χ4v) is 2.15. The smallest absolute Gasteiger partial charge is 0.164 e. The van der Waals surface area contributed by atoms with Crippen molar-refractivity contribution in [1.29, 1.82) is 0 Å². The van der Waals surface area contributed by atoms with Crippen LogP contribution in [0.2, 0.25) is 0 Å². The molecule has 4 nitrogen and oxygen atoms in total. The SMILES string of the molecule is CCn1c(CO)nnc1-c1cc(F)cc(Br)c1. The highest BCUT2D eigenvalue weighted by atomic mass is 79.9. The summed E-state index contributed by atoms with van der Waals surface area (Å²) in [6, 6.07) is 4.53. The number of hydrogen-bond donors (Lipinski definition) is 1. The van der Waals surface area contributed by atoms with E-state index in [0.29, 0.717) is 28.2 Å². The molecule has 1 heterocycles. The average molecular weight is 300 g/mol. The molecule has 0 atom stereocenters. The summed E-state index contributed by atoms with van der Waals surface area (Å²) < 4.78 is 15.7. The van der Waals surface area contributed by atoms with E-state index in [-0.39, 0.29) is 12.4 Å². The van der Waals surface area contributed by atoms with Crippen LogP contribution in [0.5, 0.6) is 0 Å². The molecule has 2 aromatic rings. The van der Waals surface area contributed by atoms with Crippen molar-refractivity contribution in [3.05, 3.63) is 34.3 Å². The zero-order valence-corrected chi connectivity index (χ0v) is 10.8. The third-order valence-corrected chi connectivity index (χ3v) is 2.86. The fraction of sp³-hybridized carbons (Fsp3) is 0.273. The van der Waals surface area contributed by atoms with Gasteiger partial charge in [0.2, 0.25) is 0 Å². The Bertz CT molecular complexity index is 521. The maximum absolute atomic E-state index is 13.3. The predicted molar refractivity (Wildman–Crippen MR) is 64.7 cm³/mol. The summed E-state index contributed by atoms with van der Waals surface area (Å²) in [6.07, 6.45) is 0. The molecule has 0 aliphatic rings. The quantitative estimate of drug-likeness (QED) is 0.946. The van der Waals surface area contributed by atoms with Crippen molar-refractivity contribution in [2.45, 2.75) is 20.1 Å². The highest BCUT2D eigenvalue weighted by molar-refractivity contribution is 9.10. The Hall–Kier alpha value is -1.27. The van der Waals surface area contributed by atoms with Crippen LogP contribution in [0.15, 0.2) is 22.7 Å². The number of hydrogen-bond acceptors (Lipinski definition) is 3. The molecule has 0 saturated heterocycles. The van der Waals surface area contributed by atoms with Gasteiger partial charge in [-0.05, 0) is 25.1 Å². The first-order chi connectivity index (χ1) is 8.15. The van der Waals surface area contributed by atoms with E-state index < -0.39 is 0 Å². The number of halogens is 2. The Morgan fingerprint density at radius 1 is 1.35 bits per heavy atom. The molecular formula is C11H11BrFN3O. The Morgan fingerprint density at radius 3 is 2.71 bits per heavy atom. The van der Waals surface area contributed by atoms with Gasteiger partial charge in [0.25, 0.3) is 0 Å². The molecule has 2 rings (SSSR count). The molecule has 1 N–H and O–H groups in total. The summed E-state index contributed by atoms with van der Waals surface area (Å²) >= 11 is 3.23. The number of rotatable bonds is 3. The second kappa shape index (κ2) is 4.93. The lowest BCUT2D eigenvalue weighted by Crippen LogP contribution is -2.03. The molecular weight excluding hydrogens is 289 g/mol. The Labute approximate surface area is 106 Å². The molecule has 0 bridgehead atoms. The van der Waals surface area contributed by atoms with Crippen LogP contribution in [0.4, 0.5) is 4.39 Å². The summed E-state index contributed by atoms with van der Waals surface area (Å²) in [5, 5.41) is 17.0. The van der Waals surface area contributed by atoms with Crippen molar-refractivity contribution in [3.8, 4) is 11.4 Å². The van der Waals surface area contributed by atoms with Gasteiger partial charge in [0.15, 0.2) is 11.6 Å². The fourth-order valence-electron chi connectivity index (χ4n) is 1.68. The van der Waals surface area contributed by atoms with E-state index in [4.69, 9.17) is 5.11 Å². The number of benzene rings is 1. The van der Waals surface area contributed by atoms with Crippen LogP contribution in [-0.2, 0) is 13.2 Å². The molecule has 0 radical (unpaired) electrons. The van der Waals surface area contributed by atoms with Gasteiger partial charge in [-0.2, -0.15) is 0 Å². The zero-order valence-electron chi connectivity index (χ0n) is 9.19. The number of aliphatic hydroxyl groups excluding tert-OH is 1. The molecule has 0 aliphatic carbocycles. The van der Waals surface area contributed by atoms with Crippen molar-refractivity contribution < 1.29 is 9.50 Å². The molecule has 6 heteroatoms. The largest absolute Gasteiger partial charge is 0.388 e. The lowest BCUT2D eigenvalue weighted by atomic mass is 10.2. The van der Waals surface area contributed by atoms with Gasteiger partial charge in [0.1, 0.15) is 12.4 Å². The Morgan fingerprint density at radius 2 is 2.12 bits per heavy atom. The summed E-state index contributed by atoms with van der Waals surface area (Å²) in [5.41, 5.74) is 0.630. The standard InChI is InChI=1S/C11H11BrFN3O/c1-2-16-10(6-17)14-15-11(16)7-3-8(12)5-9(13)4-7/h3-5,17H,2,6H2,1H3. The van der Waals surface area contributed by atoms with Crippen molar-refractivity contribution >= 4 is 15.9 Å². The van der Waals surface area contributed by atoms with Gasteiger partial charge in [-0.15, -0.1) is 10.2 Å². The van der Waals surface area contributed by atoms with E-state index in [2.05, 4.69) is 26.1 Å². The van der Waals surface area contributed by atoms with E-state index in [1.165, 1.54) is 12.1 Å². The minimum atomic E-state index is -0.342. The van der Waals surface area contributed by atoms with E-state index in [0.717, 1.165) is 0 Å².